The minimum Gasteiger partial charge on any atom is -0.430 e. The zero-order valence-corrected chi connectivity index (χ0v) is 16.9. The number of benzene rings is 2. The summed E-state index contributed by atoms with van der Waals surface area (Å²) in [6, 6.07) is 10.3. The molecule has 1 atom stereocenters. The Kier molecular flexibility index (Phi) is 6.56. The fourth-order valence-electron chi connectivity index (χ4n) is 3.39. The molecule has 1 aliphatic rings. The molecule has 2 aromatic carbocycles. The van der Waals surface area contributed by atoms with E-state index in [2.05, 4.69) is 6.58 Å². The Labute approximate surface area is 174 Å². The summed E-state index contributed by atoms with van der Waals surface area (Å²) in [6.45, 7) is 5.97. The summed E-state index contributed by atoms with van der Waals surface area (Å²) in [6.07, 6.45) is 1.71. The first-order valence-corrected chi connectivity index (χ1v) is 9.68. The summed E-state index contributed by atoms with van der Waals surface area (Å²) in [5.74, 6) is 0.123. The molecule has 0 radical (unpaired) electrons. The largest absolute Gasteiger partial charge is 0.514 e. The molecule has 0 aliphatic carbocycles. The van der Waals surface area contributed by atoms with Crippen molar-refractivity contribution in [3.63, 3.8) is 0 Å². The maximum Gasteiger partial charge on any atom is 0.514 e. The molecule has 0 bridgehead atoms. The number of anilines is 1. The minimum atomic E-state index is -0.840. The van der Waals surface area contributed by atoms with Gasteiger partial charge in [-0.2, -0.15) is 0 Å². The molecule has 0 saturated heterocycles. The third-order valence-electron chi connectivity index (χ3n) is 4.81. The molecule has 7 heteroatoms. The Hall–Kier alpha value is -2.83. The zero-order valence-electron chi connectivity index (χ0n) is 16.2. The van der Waals surface area contributed by atoms with Gasteiger partial charge in [-0.15, -0.1) is 0 Å². The van der Waals surface area contributed by atoms with E-state index in [-0.39, 0.29) is 24.7 Å². The second-order valence-corrected chi connectivity index (χ2v) is 7.24. The highest BCUT2D eigenvalue weighted by Gasteiger charge is 2.29. The highest BCUT2D eigenvalue weighted by atomic mass is 35.5. The van der Waals surface area contributed by atoms with E-state index in [1.807, 2.05) is 31.2 Å². The molecular weight excluding hydrogens is 392 g/mol. The number of fused-ring (bicyclic) bond motifs is 1. The van der Waals surface area contributed by atoms with Crippen molar-refractivity contribution in [1.82, 2.24) is 0 Å². The lowest BCUT2D eigenvalue weighted by atomic mass is 10.00. The number of hydrogen-bond donors (Lipinski definition) is 1. The molecule has 2 aromatic rings. The number of halogens is 1. The van der Waals surface area contributed by atoms with Gasteiger partial charge < -0.3 is 20.1 Å². The van der Waals surface area contributed by atoms with Crippen molar-refractivity contribution < 1.29 is 19.1 Å². The number of carbonyl (C=O) groups is 2. The van der Waals surface area contributed by atoms with Gasteiger partial charge in [0.2, 0.25) is 5.91 Å². The number of nitrogens with two attached hydrogens (primary N) is 1. The molecule has 0 spiro atoms. The lowest BCUT2D eigenvalue weighted by molar-refractivity contribution is -0.119. The maximum atomic E-state index is 12.9. The highest BCUT2D eigenvalue weighted by molar-refractivity contribution is 6.31. The molecule has 1 aliphatic heterocycles. The topological polar surface area (TPSA) is 81.9 Å². The van der Waals surface area contributed by atoms with E-state index in [1.165, 1.54) is 12.1 Å². The molecule has 1 amide bonds. The van der Waals surface area contributed by atoms with Crippen LogP contribution in [0.2, 0.25) is 5.02 Å². The van der Waals surface area contributed by atoms with Crippen molar-refractivity contribution in [3.05, 3.63) is 70.8 Å². The maximum absolute atomic E-state index is 12.9. The molecule has 2 N–H and O–H groups in total. The van der Waals surface area contributed by atoms with Gasteiger partial charge in [0.15, 0.2) is 0 Å². The van der Waals surface area contributed by atoms with E-state index in [0.29, 0.717) is 11.6 Å². The Morgan fingerprint density at radius 1 is 1.34 bits per heavy atom. The molecule has 0 saturated carbocycles. The summed E-state index contributed by atoms with van der Waals surface area (Å²) in [4.78, 5) is 26.2. The van der Waals surface area contributed by atoms with E-state index in [9.17, 15) is 9.59 Å². The Balaban J connectivity index is 1.70. The Bertz CT molecular complexity index is 921. The van der Waals surface area contributed by atoms with E-state index < -0.39 is 12.2 Å². The SMILES string of the molecule is C=CCOC(=O)Oc1cc(C)c(C[C@@H](N)C(=O)N2CCc3ccccc32)c(Cl)c1. The van der Waals surface area contributed by atoms with Crippen molar-refractivity contribution in [2.24, 2.45) is 5.73 Å². The number of para-hydroxylation sites is 1. The first kappa shape index (κ1) is 20.9. The van der Waals surface area contributed by atoms with E-state index in [0.717, 1.165) is 28.8 Å². The summed E-state index contributed by atoms with van der Waals surface area (Å²) in [7, 11) is 0. The average molecular weight is 415 g/mol. The van der Waals surface area contributed by atoms with E-state index >= 15 is 0 Å². The van der Waals surface area contributed by atoms with Crippen molar-refractivity contribution >= 4 is 29.4 Å². The number of amides is 1. The van der Waals surface area contributed by atoms with Crippen LogP contribution in [0, 0.1) is 6.92 Å². The number of hydrogen-bond acceptors (Lipinski definition) is 5. The quantitative estimate of drug-likeness (QED) is 0.441. The van der Waals surface area contributed by atoms with Gasteiger partial charge in [0.25, 0.3) is 0 Å². The normalized spacial score (nSPS) is 13.6. The van der Waals surface area contributed by atoms with Gasteiger partial charge in [-0.05, 0) is 54.7 Å². The third kappa shape index (κ3) is 4.78. The molecule has 0 fully saturated rings. The lowest BCUT2D eigenvalue weighted by Crippen LogP contribution is -2.44. The van der Waals surface area contributed by atoms with E-state index in [1.54, 1.807) is 11.0 Å². The van der Waals surface area contributed by atoms with Crippen molar-refractivity contribution in [3.8, 4) is 5.75 Å². The van der Waals surface area contributed by atoms with Crippen LogP contribution in [-0.2, 0) is 22.4 Å². The first-order valence-electron chi connectivity index (χ1n) is 9.30. The third-order valence-corrected chi connectivity index (χ3v) is 5.14. The predicted molar refractivity (Wildman–Crippen MR) is 113 cm³/mol. The van der Waals surface area contributed by atoms with Gasteiger partial charge in [-0.25, -0.2) is 4.79 Å². The van der Waals surface area contributed by atoms with Crippen LogP contribution in [0.15, 0.2) is 49.1 Å². The second-order valence-electron chi connectivity index (χ2n) is 6.83. The Morgan fingerprint density at radius 2 is 2.10 bits per heavy atom. The van der Waals surface area contributed by atoms with Gasteiger partial charge in [-0.3, -0.25) is 4.79 Å². The lowest BCUT2D eigenvalue weighted by Gasteiger charge is -2.22. The standard InChI is InChI=1S/C22H23ClN2O4/c1-3-10-28-22(27)29-16-11-14(2)17(18(23)12-16)13-19(24)21(26)25-9-8-15-6-4-5-7-20(15)25/h3-7,11-12,19H,1,8-10,13,24H2,2H3/t19-/m1/s1. The minimum absolute atomic E-state index is 0.0558. The smallest absolute Gasteiger partial charge is 0.430 e. The fraction of sp³-hybridized carbons (Fsp3) is 0.273. The Morgan fingerprint density at radius 3 is 2.83 bits per heavy atom. The van der Waals surface area contributed by atoms with Crippen molar-refractivity contribution in [2.75, 3.05) is 18.1 Å². The first-order chi connectivity index (χ1) is 13.9. The molecule has 3 rings (SSSR count). The van der Waals surface area contributed by atoms with Crippen LogP contribution in [0.4, 0.5) is 10.5 Å². The molecule has 1 heterocycles. The number of carbonyl (C=O) groups excluding carboxylic acids is 2. The van der Waals surface area contributed by atoms with Crippen LogP contribution in [-0.4, -0.2) is 31.3 Å². The molecule has 0 unspecified atom stereocenters. The summed E-state index contributed by atoms with van der Waals surface area (Å²) in [5, 5.41) is 0.376. The zero-order chi connectivity index (χ0) is 21.0. The highest BCUT2D eigenvalue weighted by Crippen LogP contribution is 2.30. The number of rotatable bonds is 6. The van der Waals surface area contributed by atoms with Crippen LogP contribution in [0.1, 0.15) is 16.7 Å². The predicted octanol–water partition coefficient (Wildman–Crippen LogP) is 3.81. The average Bonchev–Trinajstić information content (AvgIpc) is 3.12. The molecule has 0 aromatic heterocycles. The van der Waals surface area contributed by atoms with Crippen LogP contribution in [0.3, 0.4) is 0 Å². The molecule has 152 valence electrons. The van der Waals surface area contributed by atoms with Crippen LogP contribution in [0.5, 0.6) is 5.75 Å². The molecule has 6 nitrogen and oxygen atoms in total. The van der Waals surface area contributed by atoms with Gasteiger partial charge in [-0.1, -0.05) is 42.5 Å². The fourth-order valence-corrected chi connectivity index (χ4v) is 3.72. The number of aryl methyl sites for hydroxylation is 1. The second kappa shape index (κ2) is 9.11. The summed E-state index contributed by atoms with van der Waals surface area (Å²) in [5.41, 5.74) is 9.81. The van der Waals surface area contributed by atoms with E-state index in [4.69, 9.17) is 26.8 Å². The van der Waals surface area contributed by atoms with Crippen molar-refractivity contribution in [1.29, 1.82) is 0 Å². The summed E-state index contributed by atoms with van der Waals surface area (Å²) < 4.78 is 9.90. The van der Waals surface area contributed by atoms with Gasteiger partial charge in [0.05, 0.1) is 6.04 Å². The number of ether oxygens (including phenoxy) is 2. The van der Waals surface area contributed by atoms with Crippen molar-refractivity contribution in [2.45, 2.75) is 25.8 Å². The van der Waals surface area contributed by atoms with Crippen LogP contribution in [0.25, 0.3) is 0 Å². The van der Waals surface area contributed by atoms with Gasteiger partial charge in [0, 0.05) is 17.3 Å². The monoisotopic (exact) mass is 414 g/mol. The molecule has 29 heavy (non-hydrogen) atoms. The molecular formula is C22H23ClN2O4. The van der Waals surface area contributed by atoms with Crippen LogP contribution < -0.4 is 15.4 Å². The summed E-state index contributed by atoms with van der Waals surface area (Å²) >= 11 is 6.38. The van der Waals surface area contributed by atoms with Crippen LogP contribution >= 0.6 is 11.6 Å². The number of nitrogens with zero attached hydrogens (tertiary/aromatic N) is 1. The van der Waals surface area contributed by atoms with Gasteiger partial charge in [0.1, 0.15) is 12.4 Å². The van der Waals surface area contributed by atoms with Gasteiger partial charge >= 0.3 is 6.16 Å².